The van der Waals surface area contributed by atoms with Crippen LogP contribution in [-0.2, 0) is 11.2 Å². The number of nitrogens with zero attached hydrogens (tertiary/aromatic N) is 4. The van der Waals surface area contributed by atoms with Crippen LogP contribution in [0, 0.1) is 0 Å². The molecule has 0 unspecified atom stereocenters. The van der Waals surface area contributed by atoms with Gasteiger partial charge in [0.15, 0.2) is 0 Å². The molecule has 1 aliphatic carbocycles. The standard InChI is InChI=1S/C29H30N6O3/c36-27-20(15-19-7-2-1-3-8-19)16-21-17-32-29(34-26(21)35(27)22-9-4-5-10-22)33-25-13-12-23(18-31-25)38-28(37)24-11-6-14-30-24/h1-3,7-8,12-13,16-18,22,24,30H,4-6,9-11,14-15H2,(H,31,32,33,34)/t24-/m0/s1. The number of esters is 1. The summed E-state index contributed by atoms with van der Waals surface area (Å²) in [6.45, 7) is 0.829. The number of carbonyl (C=O) groups excluding carboxylic acids is 1. The number of ether oxygens (including phenoxy) is 1. The van der Waals surface area contributed by atoms with Crippen LogP contribution in [-0.4, -0.2) is 38.1 Å². The van der Waals surface area contributed by atoms with E-state index >= 15 is 0 Å². The lowest BCUT2D eigenvalue weighted by Crippen LogP contribution is -2.34. The maximum absolute atomic E-state index is 13.7. The summed E-state index contributed by atoms with van der Waals surface area (Å²) >= 11 is 0. The molecule has 4 aromatic rings. The average Bonchev–Trinajstić information content (AvgIpc) is 3.66. The van der Waals surface area contributed by atoms with Gasteiger partial charge in [0.05, 0.1) is 6.20 Å². The molecule has 0 bridgehead atoms. The van der Waals surface area contributed by atoms with Crippen LogP contribution in [0.15, 0.2) is 65.7 Å². The summed E-state index contributed by atoms with van der Waals surface area (Å²) in [6, 6.07) is 15.2. The van der Waals surface area contributed by atoms with Gasteiger partial charge in [0, 0.05) is 29.6 Å². The maximum atomic E-state index is 13.7. The third-order valence-corrected chi connectivity index (χ3v) is 7.31. The minimum absolute atomic E-state index is 0.0129. The number of rotatable bonds is 7. The lowest BCUT2D eigenvalue weighted by atomic mass is 10.0. The summed E-state index contributed by atoms with van der Waals surface area (Å²) in [6.07, 6.45) is 9.73. The van der Waals surface area contributed by atoms with Crippen LogP contribution in [0.1, 0.15) is 55.7 Å². The number of benzene rings is 1. The Labute approximate surface area is 220 Å². The number of fused-ring (bicyclic) bond motifs is 1. The number of pyridine rings is 2. The van der Waals surface area contributed by atoms with Crippen LogP contribution in [0.3, 0.4) is 0 Å². The van der Waals surface area contributed by atoms with Crippen molar-refractivity contribution in [1.82, 2.24) is 24.8 Å². The average molecular weight is 511 g/mol. The van der Waals surface area contributed by atoms with Crippen molar-refractivity contribution in [3.63, 3.8) is 0 Å². The Bertz CT molecular complexity index is 1490. The smallest absolute Gasteiger partial charge is 0.328 e. The molecule has 9 nitrogen and oxygen atoms in total. The van der Waals surface area contributed by atoms with Crippen LogP contribution in [0.4, 0.5) is 11.8 Å². The third kappa shape index (κ3) is 5.15. The van der Waals surface area contributed by atoms with Crippen molar-refractivity contribution in [2.45, 2.75) is 57.0 Å². The highest BCUT2D eigenvalue weighted by atomic mass is 16.5. The first-order valence-corrected chi connectivity index (χ1v) is 13.3. The number of aromatic nitrogens is 4. The molecular formula is C29H30N6O3. The van der Waals surface area contributed by atoms with Crippen molar-refractivity contribution in [3.8, 4) is 5.75 Å². The van der Waals surface area contributed by atoms with Gasteiger partial charge in [0.1, 0.15) is 23.3 Å². The lowest BCUT2D eigenvalue weighted by Gasteiger charge is -2.18. The molecule has 1 aromatic carbocycles. The molecule has 1 aliphatic heterocycles. The predicted molar refractivity (Wildman–Crippen MR) is 145 cm³/mol. The van der Waals surface area contributed by atoms with Crippen molar-refractivity contribution in [1.29, 1.82) is 0 Å². The number of nitrogens with one attached hydrogen (secondary N) is 2. The Morgan fingerprint density at radius 3 is 2.61 bits per heavy atom. The SMILES string of the molecule is O=C(Oc1ccc(Nc2ncc3cc(Cc4ccccc4)c(=O)n(C4CCCC4)c3n2)nc1)[C@@H]1CCCN1. The zero-order chi connectivity index (χ0) is 25.9. The molecule has 2 N–H and O–H groups in total. The largest absolute Gasteiger partial charge is 0.424 e. The molecule has 1 saturated carbocycles. The van der Waals surface area contributed by atoms with Crippen molar-refractivity contribution in [2.75, 3.05) is 11.9 Å². The zero-order valence-electron chi connectivity index (χ0n) is 21.1. The van der Waals surface area contributed by atoms with E-state index in [1.54, 1.807) is 18.3 Å². The highest BCUT2D eigenvalue weighted by Gasteiger charge is 2.24. The van der Waals surface area contributed by atoms with Gasteiger partial charge in [0.25, 0.3) is 5.56 Å². The monoisotopic (exact) mass is 510 g/mol. The van der Waals surface area contributed by atoms with E-state index in [9.17, 15) is 9.59 Å². The Hall–Kier alpha value is -4.11. The fourth-order valence-corrected chi connectivity index (χ4v) is 5.38. The van der Waals surface area contributed by atoms with Crippen LogP contribution in [0.25, 0.3) is 11.0 Å². The fourth-order valence-electron chi connectivity index (χ4n) is 5.38. The molecule has 9 heteroatoms. The van der Waals surface area contributed by atoms with Gasteiger partial charge in [-0.25, -0.2) is 14.8 Å². The van der Waals surface area contributed by atoms with Gasteiger partial charge < -0.3 is 15.4 Å². The number of carbonyl (C=O) groups is 1. The molecule has 38 heavy (non-hydrogen) atoms. The molecule has 194 valence electrons. The predicted octanol–water partition coefficient (Wildman–Crippen LogP) is 4.29. The first kappa shape index (κ1) is 24.2. The van der Waals surface area contributed by atoms with Gasteiger partial charge in [-0.3, -0.25) is 9.36 Å². The van der Waals surface area contributed by atoms with Gasteiger partial charge in [0.2, 0.25) is 5.95 Å². The second kappa shape index (κ2) is 10.7. The number of hydrogen-bond donors (Lipinski definition) is 2. The quantitative estimate of drug-likeness (QED) is 0.354. The second-order valence-corrected chi connectivity index (χ2v) is 9.99. The number of anilines is 2. The second-order valence-electron chi connectivity index (χ2n) is 9.99. The molecule has 1 atom stereocenters. The molecule has 2 aliphatic rings. The first-order valence-electron chi connectivity index (χ1n) is 13.3. The van der Waals surface area contributed by atoms with Gasteiger partial charge in [-0.15, -0.1) is 0 Å². The van der Waals surface area contributed by atoms with E-state index in [1.165, 1.54) is 6.20 Å². The maximum Gasteiger partial charge on any atom is 0.328 e. The van der Waals surface area contributed by atoms with Crippen LogP contribution < -0.4 is 20.9 Å². The molecule has 0 radical (unpaired) electrons. The van der Waals surface area contributed by atoms with Gasteiger partial charge in [-0.1, -0.05) is 43.2 Å². The first-order chi connectivity index (χ1) is 18.6. The summed E-state index contributed by atoms with van der Waals surface area (Å²) in [7, 11) is 0. The Balaban J connectivity index is 1.26. The van der Waals surface area contributed by atoms with Crippen molar-refractivity contribution in [3.05, 3.63) is 82.4 Å². The van der Waals surface area contributed by atoms with Crippen LogP contribution in [0.2, 0.25) is 0 Å². The van der Waals surface area contributed by atoms with Crippen LogP contribution >= 0.6 is 0 Å². The zero-order valence-corrected chi connectivity index (χ0v) is 21.1. The van der Waals surface area contributed by atoms with E-state index in [0.717, 1.165) is 61.6 Å². The van der Waals surface area contributed by atoms with Crippen molar-refractivity contribution < 1.29 is 9.53 Å². The van der Waals surface area contributed by atoms with Gasteiger partial charge >= 0.3 is 5.97 Å². The van der Waals surface area contributed by atoms with E-state index in [1.807, 2.05) is 41.0 Å². The minimum atomic E-state index is -0.292. The lowest BCUT2D eigenvalue weighted by molar-refractivity contribution is -0.136. The molecule has 0 spiro atoms. The molecule has 2 fully saturated rings. The van der Waals surface area contributed by atoms with Gasteiger partial charge in [-0.05, 0) is 56.0 Å². The highest BCUT2D eigenvalue weighted by molar-refractivity contribution is 5.79. The highest BCUT2D eigenvalue weighted by Crippen LogP contribution is 2.31. The molecular weight excluding hydrogens is 480 g/mol. The summed E-state index contributed by atoms with van der Waals surface area (Å²) < 4.78 is 7.32. The fraction of sp³-hybridized carbons (Fsp3) is 0.345. The topological polar surface area (TPSA) is 111 Å². The van der Waals surface area contributed by atoms with Crippen molar-refractivity contribution in [2.24, 2.45) is 0 Å². The normalized spacial score (nSPS) is 17.6. The van der Waals surface area contributed by atoms with E-state index in [0.29, 0.717) is 29.6 Å². The summed E-state index contributed by atoms with van der Waals surface area (Å²) in [5.74, 6) is 0.958. The van der Waals surface area contributed by atoms with E-state index in [-0.39, 0.29) is 23.6 Å². The number of hydrogen-bond acceptors (Lipinski definition) is 8. The summed E-state index contributed by atoms with van der Waals surface area (Å²) in [5, 5.41) is 7.09. The summed E-state index contributed by atoms with van der Waals surface area (Å²) in [5.41, 5.74) is 2.49. The molecule has 3 aromatic heterocycles. The molecule has 0 amide bonds. The minimum Gasteiger partial charge on any atom is -0.424 e. The summed E-state index contributed by atoms with van der Waals surface area (Å²) in [4.78, 5) is 39.5. The Morgan fingerprint density at radius 2 is 1.87 bits per heavy atom. The Morgan fingerprint density at radius 1 is 1.03 bits per heavy atom. The van der Waals surface area contributed by atoms with E-state index in [2.05, 4.69) is 20.6 Å². The van der Waals surface area contributed by atoms with Gasteiger partial charge in [-0.2, -0.15) is 4.98 Å². The third-order valence-electron chi connectivity index (χ3n) is 7.31. The van der Waals surface area contributed by atoms with Crippen molar-refractivity contribution >= 4 is 28.8 Å². The molecule has 1 saturated heterocycles. The molecule has 4 heterocycles. The Kier molecular flexibility index (Phi) is 6.83. The molecule has 6 rings (SSSR count). The van der Waals surface area contributed by atoms with Crippen LogP contribution in [0.5, 0.6) is 5.75 Å². The van der Waals surface area contributed by atoms with E-state index in [4.69, 9.17) is 9.72 Å². The van der Waals surface area contributed by atoms with E-state index < -0.39 is 0 Å².